The molecule has 106 valence electrons. The van der Waals surface area contributed by atoms with E-state index < -0.39 is 17.5 Å². The quantitative estimate of drug-likeness (QED) is 0.835. The Hall–Kier alpha value is -2.04. The molecule has 1 aliphatic rings. The van der Waals surface area contributed by atoms with Crippen LogP contribution in [0.2, 0.25) is 10.0 Å². The molecule has 0 spiro atoms. The van der Waals surface area contributed by atoms with Crippen LogP contribution in [0.3, 0.4) is 0 Å². The van der Waals surface area contributed by atoms with Crippen LogP contribution in [-0.2, 0) is 10.3 Å². The second-order valence-corrected chi connectivity index (χ2v) is 5.49. The molecule has 0 radical (unpaired) electrons. The number of carbonyl (C=O) groups is 2. The molecule has 1 unspecified atom stereocenters. The first-order valence-corrected chi connectivity index (χ1v) is 6.94. The summed E-state index contributed by atoms with van der Waals surface area (Å²) in [5, 5.41) is 5.88. The molecule has 1 saturated heterocycles. The first kappa shape index (κ1) is 13.9. The number of rotatable bonds is 2. The maximum atomic E-state index is 12.5. The highest BCUT2D eigenvalue weighted by molar-refractivity contribution is 6.32. The Bertz CT molecular complexity index is 731. The Balaban J connectivity index is 2.26. The lowest BCUT2D eigenvalue weighted by Gasteiger charge is -2.28. The van der Waals surface area contributed by atoms with E-state index in [4.69, 9.17) is 23.2 Å². The first-order valence-electron chi connectivity index (χ1n) is 6.18. The van der Waals surface area contributed by atoms with Crippen LogP contribution in [0, 0.1) is 0 Å². The molecule has 1 aliphatic heterocycles. The zero-order valence-corrected chi connectivity index (χ0v) is 12.2. The van der Waals surface area contributed by atoms with Crippen LogP contribution in [0.25, 0.3) is 0 Å². The summed E-state index contributed by atoms with van der Waals surface area (Å²) >= 11 is 12.1. The molecule has 1 atom stereocenters. The second-order valence-electron chi connectivity index (χ2n) is 4.64. The molecule has 6 heteroatoms. The number of carbonyl (C=O) groups excluding carboxylic acids is 2. The van der Waals surface area contributed by atoms with Gasteiger partial charge in [-0.3, -0.25) is 10.1 Å². The summed E-state index contributed by atoms with van der Waals surface area (Å²) < 4.78 is 0. The average Bonchev–Trinajstić information content (AvgIpc) is 2.76. The van der Waals surface area contributed by atoms with Crippen molar-refractivity contribution in [3.63, 3.8) is 0 Å². The van der Waals surface area contributed by atoms with Crippen molar-refractivity contribution in [1.29, 1.82) is 0 Å². The molecule has 0 aliphatic carbocycles. The van der Waals surface area contributed by atoms with Gasteiger partial charge in [-0.15, -0.1) is 0 Å². The fourth-order valence-corrected chi connectivity index (χ4v) is 2.87. The maximum absolute atomic E-state index is 12.5. The van der Waals surface area contributed by atoms with Crippen LogP contribution >= 0.6 is 23.2 Å². The molecule has 1 fully saturated rings. The third-order valence-electron chi connectivity index (χ3n) is 3.42. The molecular formula is C15H10Cl2N2O2. The number of hydrogen-bond donors (Lipinski definition) is 2. The maximum Gasteiger partial charge on any atom is 0.322 e. The second kappa shape index (κ2) is 5.06. The van der Waals surface area contributed by atoms with Crippen LogP contribution in [0.1, 0.15) is 11.1 Å². The summed E-state index contributed by atoms with van der Waals surface area (Å²) in [5.74, 6) is -0.470. The van der Waals surface area contributed by atoms with Gasteiger partial charge >= 0.3 is 6.03 Å². The topological polar surface area (TPSA) is 58.2 Å². The van der Waals surface area contributed by atoms with Gasteiger partial charge in [0.05, 0.1) is 0 Å². The van der Waals surface area contributed by atoms with Crippen molar-refractivity contribution in [3.05, 3.63) is 69.7 Å². The predicted octanol–water partition coefficient (Wildman–Crippen LogP) is 3.08. The lowest BCUT2D eigenvalue weighted by Crippen LogP contribution is -2.45. The van der Waals surface area contributed by atoms with Crippen molar-refractivity contribution in [2.75, 3.05) is 0 Å². The van der Waals surface area contributed by atoms with Crippen LogP contribution in [0.15, 0.2) is 48.5 Å². The van der Waals surface area contributed by atoms with E-state index in [1.54, 1.807) is 48.5 Å². The third-order valence-corrected chi connectivity index (χ3v) is 4.01. The van der Waals surface area contributed by atoms with E-state index in [0.29, 0.717) is 21.2 Å². The van der Waals surface area contributed by atoms with Crippen molar-refractivity contribution >= 4 is 35.1 Å². The average molecular weight is 321 g/mol. The third kappa shape index (κ3) is 2.17. The van der Waals surface area contributed by atoms with Crippen LogP contribution < -0.4 is 10.6 Å². The van der Waals surface area contributed by atoms with E-state index in [1.807, 2.05) is 0 Å². The van der Waals surface area contributed by atoms with E-state index in [2.05, 4.69) is 10.6 Å². The smallest absolute Gasteiger partial charge is 0.316 e. The molecular weight excluding hydrogens is 311 g/mol. The Morgan fingerprint density at radius 2 is 1.57 bits per heavy atom. The number of imide groups is 1. The van der Waals surface area contributed by atoms with E-state index in [9.17, 15) is 9.59 Å². The zero-order valence-electron chi connectivity index (χ0n) is 10.7. The lowest BCUT2D eigenvalue weighted by atomic mass is 9.83. The minimum Gasteiger partial charge on any atom is -0.316 e. The number of nitrogens with one attached hydrogen (secondary N) is 2. The summed E-state index contributed by atoms with van der Waals surface area (Å²) in [5.41, 5.74) is -0.249. The molecule has 2 aromatic rings. The van der Waals surface area contributed by atoms with E-state index in [-0.39, 0.29) is 0 Å². The monoisotopic (exact) mass is 320 g/mol. The molecule has 0 aromatic heterocycles. The molecule has 0 bridgehead atoms. The van der Waals surface area contributed by atoms with Gasteiger partial charge in [0.15, 0.2) is 5.54 Å². The van der Waals surface area contributed by atoms with Gasteiger partial charge in [-0.2, -0.15) is 0 Å². The molecule has 0 saturated carbocycles. The van der Waals surface area contributed by atoms with Gasteiger partial charge in [0.25, 0.3) is 5.91 Å². The van der Waals surface area contributed by atoms with Crippen molar-refractivity contribution in [2.24, 2.45) is 0 Å². The van der Waals surface area contributed by atoms with Gasteiger partial charge in [0.2, 0.25) is 0 Å². The largest absolute Gasteiger partial charge is 0.322 e. The Kier molecular flexibility index (Phi) is 3.35. The SMILES string of the molecule is O=C1NC(=O)C(c2ccc(Cl)cc2)(c2ccccc2Cl)N1. The zero-order chi connectivity index (χ0) is 15.0. The molecule has 2 aromatic carbocycles. The number of halogens is 2. The number of benzene rings is 2. The standard InChI is InChI=1S/C15H10Cl2N2O2/c16-10-7-5-9(6-8-10)15(13(20)18-14(21)19-15)11-3-1-2-4-12(11)17/h1-8H,(H2,18,19,20,21). The summed E-state index contributed by atoms with van der Waals surface area (Å²) in [6.45, 7) is 0. The summed E-state index contributed by atoms with van der Waals surface area (Å²) in [6, 6.07) is 13.0. The van der Waals surface area contributed by atoms with Gasteiger partial charge in [0, 0.05) is 15.6 Å². The van der Waals surface area contributed by atoms with Gasteiger partial charge in [-0.1, -0.05) is 53.5 Å². The fraction of sp³-hybridized carbons (Fsp3) is 0.0667. The molecule has 3 rings (SSSR count). The highest BCUT2D eigenvalue weighted by Crippen LogP contribution is 2.37. The lowest BCUT2D eigenvalue weighted by molar-refractivity contribution is -0.122. The highest BCUT2D eigenvalue weighted by atomic mass is 35.5. The van der Waals surface area contributed by atoms with E-state index in [1.165, 1.54) is 0 Å². The van der Waals surface area contributed by atoms with Crippen molar-refractivity contribution in [1.82, 2.24) is 10.6 Å². The normalized spacial score (nSPS) is 21.0. The van der Waals surface area contributed by atoms with Crippen LogP contribution in [0.5, 0.6) is 0 Å². The molecule has 3 amide bonds. The Labute approximate surface area is 131 Å². The van der Waals surface area contributed by atoms with Crippen LogP contribution in [0.4, 0.5) is 4.79 Å². The number of amides is 3. The summed E-state index contributed by atoms with van der Waals surface area (Å²) in [4.78, 5) is 24.1. The minimum atomic E-state index is -1.35. The molecule has 1 heterocycles. The van der Waals surface area contributed by atoms with Crippen molar-refractivity contribution in [2.45, 2.75) is 5.54 Å². The summed E-state index contributed by atoms with van der Waals surface area (Å²) in [7, 11) is 0. The Morgan fingerprint density at radius 3 is 2.14 bits per heavy atom. The number of urea groups is 1. The fourth-order valence-electron chi connectivity index (χ4n) is 2.47. The van der Waals surface area contributed by atoms with Gasteiger partial charge in [0.1, 0.15) is 0 Å². The van der Waals surface area contributed by atoms with Crippen molar-refractivity contribution in [3.8, 4) is 0 Å². The Morgan fingerprint density at radius 1 is 0.905 bits per heavy atom. The number of hydrogen-bond acceptors (Lipinski definition) is 2. The van der Waals surface area contributed by atoms with Gasteiger partial charge in [-0.05, 0) is 23.8 Å². The van der Waals surface area contributed by atoms with Crippen LogP contribution in [-0.4, -0.2) is 11.9 Å². The van der Waals surface area contributed by atoms with E-state index in [0.717, 1.165) is 0 Å². The first-order chi connectivity index (χ1) is 10.0. The molecule has 21 heavy (non-hydrogen) atoms. The van der Waals surface area contributed by atoms with Gasteiger partial charge < -0.3 is 5.32 Å². The molecule has 2 N–H and O–H groups in total. The highest BCUT2D eigenvalue weighted by Gasteiger charge is 2.50. The van der Waals surface area contributed by atoms with Gasteiger partial charge in [-0.25, -0.2) is 4.79 Å². The van der Waals surface area contributed by atoms with Crippen molar-refractivity contribution < 1.29 is 9.59 Å². The minimum absolute atomic E-state index is 0.393. The summed E-state index contributed by atoms with van der Waals surface area (Å²) in [6.07, 6.45) is 0. The van der Waals surface area contributed by atoms with E-state index >= 15 is 0 Å². The predicted molar refractivity (Wildman–Crippen MR) is 80.4 cm³/mol. The molecule has 4 nitrogen and oxygen atoms in total.